The zero-order valence-corrected chi connectivity index (χ0v) is 16.2. The van der Waals surface area contributed by atoms with Crippen LogP contribution in [0.2, 0.25) is 0 Å². The van der Waals surface area contributed by atoms with E-state index in [0.717, 1.165) is 25.7 Å². The molecule has 4 heteroatoms. The predicted molar refractivity (Wildman–Crippen MR) is 94.4 cm³/mol. The summed E-state index contributed by atoms with van der Waals surface area (Å²) in [7, 11) is 0. The SMILES string of the molecule is CCC1C[C@](C)(C(=O)OC(C)(C)C)CC2C[C@H](O)[C@H](O)C(CC)C12. The topological polar surface area (TPSA) is 66.8 Å². The number of aliphatic hydroxyl groups excluding tert-OH is 2. The lowest BCUT2D eigenvalue weighted by Gasteiger charge is -2.54. The molecule has 0 aromatic carbocycles. The van der Waals surface area contributed by atoms with Gasteiger partial charge in [0.1, 0.15) is 5.60 Å². The van der Waals surface area contributed by atoms with Crippen LogP contribution in [0.4, 0.5) is 0 Å². The van der Waals surface area contributed by atoms with Gasteiger partial charge in [-0.25, -0.2) is 0 Å². The van der Waals surface area contributed by atoms with E-state index in [-0.39, 0.29) is 17.8 Å². The average Bonchev–Trinajstić information content (AvgIpc) is 2.46. The third kappa shape index (κ3) is 3.80. The minimum Gasteiger partial charge on any atom is -0.460 e. The molecular weight excluding hydrogens is 304 g/mol. The van der Waals surface area contributed by atoms with Crippen molar-refractivity contribution in [3.05, 3.63) is 0 Å². The number of hydrogen-bond donors (Lipinski definition) is 2. The normalized spacial score (nSPS) is 43.2. The van der Waals surface area contributed by atoms with Crippen LogP contribution in [0.15, 0.2) is 0 Å². The Kier molecular flexibility index (Phi) is 5.71. The minimum absolute atomic E-state index is 0.111. The number of hydrogen-bond acceptors (Lipinski definition) is 4. The van der Waals surface area contributed by atoms with Crippen LogP contribution in [0.3, 0.4) is 0 Å². The Balaban J connectivity index is 2.26. The van der Waals surface area contributed by atoms with Crippen molar-refractivity contribution < 1.29 is 19.7 Å². The molecule has 2 aliphatic rings. The van der Waals surface area contributed by atoms with E-state index >= 15 is 0 Å². The van der Waals surface area contributed by atoms with E-state index in [1.165, 1.54) is 0 Å². The van der Waals surface area contributed by atoms with Crippen LogP contribution < -0.4 is 0 Å². The molecule has 0 saturated heterocycles. The Labute approximate surface area is 147 Å². The number of carbonyl (C=O) groups excluding carboxylic acids is 1. The molecule has 0 bridgehead atoms. The molecule has 2 rings (SSSR count). The van der Waals surface area contributed by atoms with Crippen molar-refractivity contribution in [2.45, 2.75) is 91.5 Å². The number of esters is 1. The molecule has 0 aromatic rings. The molecule has 0 heterocycles. The van der Waals surface area contributed by atoms with Crippen molar-refractivity contribution in [1.82, 2.24) is 0 Å². The van der Waals surface area contributed by atoms with Crippen LogP contribution in [0.25, 0.3) is 0 Å². The molecule has 24 heavy (non-hydrogen) atoms. The molecule has 2 N–H and O–H groups in total. The highest BCUT2D eigenvalue weighted by atomic mass is 16.6. The predicted octanol–water partition coefficient (Wildman–Crippen LogP) is 3.54. The van der Waals surface area contributed by atoms with Gasteiger partial charge in [0.05, 0.1) is 17.6 Å². The van der Waals surface area contributed by atoms with Crippen LogP contribution >= 0.6 is 0 Å². The molecule has 0 radical (unpaired) electrons. The van der Waals surface area contributed by atoms with E-state index in [2.05, 4.69) is 13.8 Å². The van der Waals surface area contributed by atoms with Crippen molar-refractivity contribution in [3.8, 4) is 0 Å². The fourth-order valence-corrected chi connectivity index (χ4v) is 5.30. The standard InChI is InChI=1S/C20H36O4/c1-7-12-10-20(6,18(23)24-19(3,4)5)11-13-9-15(21)17(22)14(8-2)16(12)13/h12-17,21-22H,7-11H2,1-6H3/t12?,13?,14?,15-,16?,17+,20-/m0/s1. The van der Waals surface area contributed by atoms with Gasteiger partial charge in [0.2, 0.25) is 0 Å². The highest BCUT2D eigenvalue weighted by Crippen LogP contribution is 2.55. The molecule has 2 saturated carbocycles. The second-order valence-electron chi connectivity index (χ2n) is 9.34. The van der Waals surface area contributed by atoms with Gasteiger partial charge in [-0.1, -0.05) is 26.7 Å². The van der Waals surface area contributed by atoms with Crippen LogP contribution in [-0.2, 0) is 9.53 Å². The molecule has 0 aromatic heterocycles. The van der Waals surface area contributed by atoms with Gasteiger partial charge in [-0.05, 0) is 70.6 Å². The highest BCUT2D eigenvalue weighted by Gasteiger charge is 2.54. The number of aliphatic hydroxyl groups is 2. The smallest absolute Gasteiger partial charge is 0.312 e. The van der Waals surface area contributed by atoms with Crippen molar-refractivity contribution >= 4 is 5.97 Å². The molecule has 2 aliphatic carbocycles. The molecule has 0 spiro atoms. The summed E-state index contributed by atoms with van der Waals surface area (Å²) < 4.78 is 5.70. The van der Waals surface area contributed by atoms with Gasteiger partial charge in [0, 0.05) is 0 Å². The Morgan fingerprint density at radius 3 is 2.29 bits per heavy atom. The van der Waals surface area contributed by atoms with E-state index in [4.69, 9.17) is 4.74 Å². The average molecular weight is 341 g/mol. The van der Waals surface area contributed by atoms with Crippen molar-refractivity contribution in [2.24, 2.45) is 29.1 Å². The molecule has 0 aliphatic heterocycles. The summed E-state index contributed by atoms with van der Waals surface area (Å²) in [6.45, 7) is 12.0. The quantitative estimate of drug-likeness (QED) is 0.771. The summed E-state index contributed by atoms with van der Waals surface area (Å²) >= 11 is 0. The summed E-state index contributed by atoms with van der Waals surface area (Å²) in [4.78, 5) is 12.8. The Hall–Kier alpha value is -0.610. The van der Waals surface area contributed by atoms with Crippen LogP contribution in [0.1, 0.15) is 73.6 Å². The Morgan fingerprint density at radius 2 is 1.79 bits per heavy atom. The van der Waals surface area contributed by atoms with Gasteiger partial charge in [0.25, 0.3) is 0 Å². The van der Waals surface area contributed by atoms with Crippen LogP contribution in [0, 0.1) is 29.1 Å². The Morgan fingerprint density at radius 1 is 1.17 bits per heavy atom. The van der Waals surface area contributed by atoms with Crippen LogP contribution in [0.5, 0.6) is 0 Å². The van der Waals surface area contributed by atoms with Gasteiger partial charge >= 0.3 is 5.97 Å². The van der Waals surface area contributed by atoms with E-state index in [1.54, 1.807) is 0 Å². The van der Waals surface area contributed by atoms with E-state index in [0.29, 0.717) is 18.3 Å². The van der Waals surface area contributed by atoms with E-state index in [1.807, 2.05) is 27.7 Å². The second-order valence-corrected chi connectivity index (χ2v) is 9.34. The molecule has 4 unspecified atom stereocenters. The van der Waals surface area contributed by atoms with E-state index in [9.17, 15) is 15.0 Å². The third-order valence-electron chi connectivity index (χ3n) is 6.27. The second kappa shape index (κ2) is 6.95. The third-order valence-corrected chi connectivity index (χ3v) is 6.27. The fraction of sp³-hybridized carbons (Fsp3) is 0.950. The summed E-state index contributed by atoms with van der Waals surface area (Å²) in [5.41, 5.74) is -0.970. The lowest BCUT2D eigenvalue weighted by atomic mass is 9.52. The Bertz CT molecular complexity index is 455. The highest BCUT2D eigenvalue weighted by molar-refractivity contribution is 5.77. The summed E-state index contributed by atoms with van der Waals surface area (Å²) in [5, 5.41) is 20.7. The monoisotopic (exact) mass is 340 g/mol. The molecule has 7 atom stereocenters. The first-order chi connectivity index (χ1) is 11.0. The summed E-state index contributed by atoms with van der Waals surface area (Å²) in [6, 6.07) is 0. The van der Waals surface area contributed by atoms with Crippen molar-refractivity contribution in [1.29, 1.82) is 0 Å². The van der Waals surface area contributed by atoms with Gasteiger partial charge in [-0.3, -0.25) is 4.79 Å². The molecule has 4 nitrogen and oxygen atoms in total. The van der Waals surface area contributed by atoms with E-state index < -0.39 is 23.2 Å². The first-order valence-electron chi connectivity index (χ1n) is 9.62. The molecule has 0 amide bonds. The number of fused-ring (bicyclic) bond motifs is 1. The zero-order chi connectivity index (χ0) is 18.3. The lowest BCUT2D eigenvalue weighted by molar-refractivity contribution is -0.180. The fourth-order valence-electron chi connectivity index (χ4n) is 5.30. The number of carbonyl (C=O) groups is 1. The largest absolute Gasteiger partial charge is 0.460 e. The minimum atomic E-state index is -0.672. The summed E-state index contributed by atoms with van der Waals surface area (Å²) in [6.07, 6.45) is 2.74. The van der Waals surface area contributed by atoms with Gasteiger partial charge < -0.3 is 14.9 Å². The van der Waals surface area contributed by atoms with Gasteiger partial charge in [-0.15, -0.1) is 0 Å². The molecular formula is C20H36O4. The number of rotatable bonds is 3. The maximum Gasteiger partial charge on any atom is 0.312 e. The van der Waals surface area contributed by atoms with Gasteiger partial charge in [0.15, 0.2) is 0 Å². The lowest BCUT2D eigenvalue weighted by Crippen LogP contribution is -2.54. The maximum atomic E-state index is 12.8. The molecule has 2 fully saturated rings. The van der Waals surface area contributed by atoms with Crippen molar-refractivity contribution in [2.75, 3.05) is 0 Å². The zero-order valence-electron chi connectivity index (χ0n) is 16.2. The summed E-state index contributed by atoms with van der Waals surface area (Å²) in [5.74, 6) is 1.10. The van der Waals surface area contributed by atoms with Crippen LogP contribution in [-0.4, -0.2) is 34.0 Å². The number of ether oxygens (including phenoxy) is 1. The van der Waals surface area contributed by atoms with Crippen molar-refractivity contribution in [3.63, 3.8) is 0 Å². The first kappa shape index (κ1) is 19.7. The first-order valence-corrected chi connectivity index (χ1v) is 9.62. The molecule has 140 valence electrons. The maximum absolute atomic E-state index is 12.8. The van der Waals surface area contributed by atoms with Gasteiger partial charge in [-0.2, -0.15) is 0 Å².